The molecule has 0 bridgehead atoms. The van der Waals surface area contributed by atoms with Crippen molar-refractivity contribution in [1.29, 1.82) is 0 Å². The second kappa shape index (κ2) is 6.47. The summed E-state index contributed by atoms with van der Waals surface area (Å²) in [6.07, 6.45) is 8.93. The molecule has 1 aliphatic carbocycles. The van der Waals surface area contributed by atoms with Crippen LogP contribution in [-0.2, 0) is 13.0 Å². The zero-order valence-corrected chi connectivity index (χ0v) is 13.8. The fourth-order valence-electron chi connectivity index (χ4n) is 4.34. The molecule has 3 unspecified atom stereocenters. The van der Waals surface area contributed by atoms with Crippen molar-refractivity contribution in [3.05, 3.63) is 11.6 Å². The molecule has 1 aliphatic heterocycles. The number of aryl methyl sites for hydroxylation is 1. The highest BCUT2D eigenvalue weighted by atomic mass is 15.3. The van der Waals surface area contributed by atoms with Crippen molar-refractivity contribution in [3.8, 4) is 0 Å². The van der Waals surface area contributed by atoms with E-state index in [1.165, 1.54) is 44.3 Å². The second-order valence-corrected chi connectivity index (χ2v) is 7.44. The molecule has 1 aromatic rings. The van der Waals surface area contributed by atoms with E-state index in [2.05, 4.69) is 40.9 Å². The summed E-state index contributed by atoms with van der Waals surface area (Å²) >= 11 is 0. The molecule has 2 heterocycles. The summed E-state index contributed by atoms with van der Waals surface area (Å²) in [5.74, 6) is 4.03. The third-order valence-corrected chi connectivity index (χ3v) is 5.19. The molecule has 1 fully saturated rings. The molecule has 0 aromatic carbocycles. The van der Waals surface area contributed by atoms with Crippen LogP contribution >= 0.6 is 0 Å². The fraction of sp³-hybridized carbons (Fsp3) is 0.882. The van der Waals surface area contributed by atoms with Gasteiger partial charge in [-0.2, -0.15) is 0 Å². The number of fused-ring (bicyclic) bond motifs is 1. The molecule has 1 saturated carbocycles. The van der Waals surface area contributed by atoms with Crippen LogP contribution in [0.1, 0.15) is 77.0 Å². The summed E-state index contributed by atoms with van der Waals surface area (Å²) < 4.78 is 2.38. The van der Waals surface area contributed by atoms with Gasteiger partial charge in [-0.15, -0.1) is 10.2 Å². The van der Waals surface area contributed by atoms with E-state index in [0.717, 1.165) is 30.6 Å². The Hall–Kier alpha value is -0.900. The Kier molecular flexibility index (Phi) is 4.63. The van der Waals surface area contributed by atoms with E-state index in [1.807, 2.05) is 0 Å². The van der Waals surface area contributed by atoms with Crippen LogP contribution in [0.15, 0.2) is 0 Å². The van der Waals surface area contributed by atoms with Gasteiger partial charge in [-0.05, 0) is 50.9 Å². The van der Waals surface area contributed by atoms with E-state index >= 15 is 0 Å². The van der Waals surface area contributed by atoms with Crippen molar-refractivity contribution in [2.75, 3.05) is 0 Å². The summed E-state index contributed by atoms with van der Waals surface area (Å²) in [5.41, 5.74) is 0. The van der Waals surface area contributed by atoms with E-state index in [0.29, 0.717) is 12.1 Å². The molecule has 0 radical (unpaired) electrons. The van der Waals surface area contributed by atoms with Crippen molar-refractivity contribution >= 4 is 0 Å². The highest BCUT2D eigenvalue weighted by Crippen LogP contribution is 2.30. The summed E-state index contributed by atoms with van der Waals surface area (Å²) in [5, 5.41) is 12.8. The molecule has 4 heteroatoms. The average Bonchev–Trinajstić information content (AvgIpc) is 2.67. The summed E-state index contributed by atoms with van der Waals surface area (Å²) in [4.78, 5) is 0. The van der Waals surface area contributed by atoms with Crippen LogP contribution < -0.4 is 5.32 Å². The minimum absolute atomic E-state index is 0.312. The summed E-state index contributed by atoms with van der Waals surface area (Å²) in [6, 6.07) is 0.948. The predicted octanol–water partition coefficient (Wildman–Crippen LogP) is 3.48. The zero-order valence-electron chi connectivity index (χ0n) is 13.8. The quantitative estimate of drug-likeness (QED) is 0.926. The maximum absolute atomic E-state index is 4.49. The Balaban J connectivity index is 1.68. The van der Waals surface area contributed by atoms with Crippen LogP contribution in [0.5, 0.6) is 0 Å². The number of aromatic nitrogens is 3. The minimum Gasteiger partial charge on any atom is -0.314 e. The lowest BCUT2D eigenvalue weighted by molar-refractivity contribution is 0.225. The van der Waals surface area contributed by atoms with Crippen LogP contribution in [0.2, 0.25) is 0 Å². The molecule has 3 rings (SSSR count). The van der Waals surface area contributed by atoms with Crippen LogP contribution in [0.4, 0.5) is 0 Å². The first-order valence-corrected chi connectivity index (χ1v) is 8.81. The highest BCUT2D eigenvalue weighted by Gasteiger charge is 2.27. The van der Waals surface area contributed by atoms with Crippen LogP contribution in [0.25, 0.3) is 0 Å². The SMILES string of the molecule is CC1CC(C)CC(NC(C)c2nnc3n2CCCCC3)C1. The normalized spacial score (nSPS) is 31.5. The van der Waals surface area contributed by atoms with E-state index in [9.17, 15) is 0 Å². The van der Waals surface area contributed by atoms with Gasteiger partial charge in [0.15, 0.2) is 0 Å². The first-order chi connectivity index (χ1) is 10.1. The van der Waals surface area contributed by atoms with E-state index in [1.54, 1.807) is 0 Å². The van der Waals surface area contributed by atoms with Gasteiger partial charge in [0, 0.05) is 19.0 Å². The summed E-state index contributed by atoms with van der Waals surface area (Å²) in [7, 11) is 0. The lowest BCUT2D eigenvalue weighted by atomic mass is 9.80. The van der Waals surface area contributed by atoms with E-state index < -0.39 is 0 Å². The molecule has 4 nitrogen and oxygen atoms in total. The maximum atomic E-state index is 4.49. The standard InChI is InChI=1S/C17H30N4/c1-12-9-13(2)11-15(10-12)18-14(3)17-20-19-16-7-5-4-6-8-21(16)17/h12-15,18H,4-11H2,1-3H3. The highest BCUT2D eigenvalue weighted by molar-refractivity contribution is 5.02. The smallest absolute Gasteiger partial charge is 0.149 e. The molecule has 0 amide bonds. The van der Waals surface area contributed by atoms with Crippen molar-refractivity contribution in [2.45, 2.75) is 84.3 Å². The third-order valence-electron chi connectivity index (χ3n) is 5.19. The topological polar surface area (TPSA) is 42.7 Å². The van der Waals surface area contributed by atoms with Crippen molar-refractivity contribution in [3.63, 3.8) is 0 Å². The Bertz CT molecular complexity index is 457. The van der Waals surface area contributed by atoms with Gasteiger partial charge in [0.05, 0.1) is 6.04 Å². The third kappa shape index (κ3) is 3.47. The molecule has 118 valence electrons. The molecule has 1 aromatic heterocycles. The van der Waals surface area contributed by atoms with Gasteiger partial charge in [0.25, 0.3) is 0 Å². The monoisotopic (exact) mass is 290 g/mol. The average molecular weight is 290 g/mol. The van der Waals surface area contributed by atoms with E-state index in [-0.39, 0.29) is 0 Å². The Labute approximate surface area is 128 Å². The molecule has 2 aliphatic rings. The molecular formula is C17H30N4. The summed E-state index contributed by atoms with van der Waals surface area (Å²) in [6.45, 7) is 8.13. The molecule has 0 saturated heterocycles. The number of nitrogens with zero attached hydrogens (tertiary/aromatic N) is 3. The Morgan fingerprint density at radius 3 is 2.57 bits per heavy atom. The fourth-order valence-corrected chi connectivity index (χ4v) is 4.34. The maximum Gasteiger partial charge on any atom is 0.149 e. The van der Waals surface area contributed by atoms with Crippen molar-refractivity contribution in [2.24, 2.45) is 11.8 Å². The van der Waals surface area contributed by atoms with Gasteiger partial charge in [-0.3, -0.25) is 0 Å². The number of hydrogen-bond acceptors (Lipinski definition) is 3. The Morgan fingerprint density at radius 1 is 1.05 bits per heavy atom. The number of hydrogen-bond donors (Lipinski definition) is 1. The largest absolute Gasteiger partial charge is 0.314 e. The predicted molar refractivity (Wildman–Crippen MR) is 85.1 cm³/mol. The minimum atomic E-state index is 0.312. The van der Waals surface area contributed by atoms with Gasteiger partial charge in [-0.25, -0.2) is 0 Å². The van der Waals surface area contributed by atoms with Gasteiger partial charge in [-0.1, -0.05) is 20.3 Å². The van der Waals surface area contributed by atoms with Gasteiger partial charge in [0.1, 0.15) is 11.6 Å². The first-order valence-electron chi connectivity index (χ1n) is 8.81. The number of nitrogens with one attached hydrogen (secondary N) is 1. The van der Waals surface area contributed by atoms with Crippen molar-refractivity contribution in [1.82, 2.24) is 20.1 Å². The van der Waals surface area contributed by atoms with Crippen LogP contribution in [0, 0.1) is 11.8 Å². The molecule has 0 spiro atoms. The van der Waals surface area contributed by atoms with Crippen LogP contribution in [0.3, 0.4) is 0 Å². The first kappa shape index (κ1) is 15.0. The molecule has 3 atom stereocenters. The lowest BCUT2D eigenvalue weighted by Crippen LogP contribution is -2.38. The lowest BCUT2D eigenvalue weighted by Gasteiger charge is -2.33. The zero-order chi connectivity index (χ0) is 14.8. The molecule has 21 heavy (non-hydrogen) atoms. The van der Waals surface area contributed by atoms with E-state index in [4.69, 9.17) is 0 Å². The van der Waals surface area contributed by atoms with Crippen LogP contribution in [-0.4, -0.2) is 20.8 Å². The van der Waals surface area contributed by atoms with Crippen molar-refractivity contribution < 1.29 is 0 Å². The van der Waals surface area contributed by atoms with Gasteiger partial charge >= 0.3 is 0 Å². The number of rotatable bonds is 3. The second-order valence-electron chi connectivity index (χ2n) is 7.44. The molecule has 1 N–H and O–H groups in total. The Morgan fingerprint density at radius 2 is 1.81 bits per heavy atom. The van der Waals surface area contributed by atoms with Gasteiger partial charge in [0.2, 0.25) is 0 Å². The van der Waals surface area contributed by atoms with Gasteiger partial charge < -0.3 is 9.88 Å². The molecular weight excluding hydrogens is 260 g/mol.